The van der Waals surface area contributed by atoms with Crippen molar-refractivity contribution < 1.29 is 13.2 Å². The predicted octanol–water partition coefficient (Wildman–Crippen LogP) is 4.65. The van der Waals surface area contributed by atoms with Gasteiger partial charge in [-0.25, -0.2) is 0 Å². The van der Waals surface area contributed by atoms with Gasteiger partial charge in [-0.15, -0.1) is 0 Å². The van der Waals surface area contributed by atoms with E-state index in [0.717, 1.165) is 11.6 Å². The molecule has 3 heteroatoms. The molecule has 0 heterocycles. The Balaban J connectivity index is 5.03. The van der Waals surface area contributed by atoms with E-state index in [0.29, 0.717) is 6.42 Å². The Morgan fingerprint density at radius 2 is 1.87 bits per heavy atom. The molecule has 0 saturated heterocycles. The van der Waals surface area contributed by atoms with Crippen molar-refractivity contribution in [2.45, 2.75) is 33.4 Å². The highest BCUT2D eigenvalue weighted by molar-refractivity contribution is 5.25. The molecule has 0 nitrogen and oxygen atoms in total. The Morgan fingerprint density at radius 3 is 2.20 bits per heavy atom. The van der Waals surface area contributed by atoms with Gasteiger partial charge in [0.2, 0.25) is 0 Å². The topological polar surface area (TPSA) is 0 Å². The average molecular weight is 218 g/mol. The average Bonchev–Trinajstić information content (AvgIpc) is 2.15. The van der Waals surface area contributed by atoms with Gasteiger partial charge < -0.3 is 0 Å². The second kappa shape index (κ2) is 5.79. The Morgan fingerprint density at radius 1 is 1.33 bits per heavy atom. The SMILES string of the molecule is C=CC(C)=CC=C(C(C)CC)C(F)(F)F. The van der Waals surface area contributed by atoms with Crippen LogP contribution in [0, 0.1) is 5.92 Å². The van der Waals surface area contributed by atoms with Crippen molar-refractivity contribution in [2.75, 3.05) is 0 Å². The first kappa shape index (κ1) is 14.0. The Kier molecular flexibility index (Phi) is 5.40. The zero-order valence-electron chi connectivity index (χ0n) is 9.36. The van der Waals surface area contributed by atoms with E-state index in [1.807, 2.05) is 0 Å². The number of rotatable bonds is 4. The van der Waals surface area contributed by atoms with Gasteiger partial charge in [0, 0.05) is 5.57 Å². The van der Waals surface area contributed by atoms with E-state index in [9.17, 15) is 13.2 Å². The third kappa shape index (κ3) is 4.86. The van der Waals surface area contributed by atoms with Crippen LogP contribution in [0.2, 0.25) is 0 Å². The van der Waals surface area contributed by atoms with E-state index in [2.05, 4.69) is 6.58 Å². The molecule has 0 aliphatic rings. The minimum atomic E-state index is -4.24. The number of alkyl halides is 3. The Bertz CT molecular complexity index is 269. The van der Waals surface area contributed by atoms with E-state index in [-0.39, 0.29) is 0 Å². The third-order valence-electron chi connectivity index (χ3n) is 2.32. The molecule has 0 amide bonds. The molecule has 0 aliphatic carbocycles. The van der Waals surface area contributed by atoms with Crippen molar-refractivity contribution in [3.8, 4) is 0 Å². The highest BCUT2D eigenvalue weighted by Gasteiger charge is 2.35. The summed E-state index contributed by atoms with van der Waals surface area (Å²) in [7, 11) is 0. The monoisotopic (exact) mass is 218 g/mol. The van der Waals surface area contributed by atoms with Crippen molar-refractivity contribution in [3.05, 3.63) is 36.0 Å². The second-order valence-corrected chi connectivity index (χ2v) is 3.54. The van der Waals surface area contributed by atoms with E-state index < -0.39 is 17.7 Å². The van der Waals surface area contributed by atoms with Crippen LogP contribution in [0.5, 0.6) is 0 Å². The molecule has 0 radical (unpaired) electrons. The Hall–Kier alpha value is -0.990. The van der Waals surface area contributed by atoms with Crippen molar-refractivity contribution in [2.24, 2.45) is 5.92 Å². The normalized spacial score (nSPS) is 16.4. The lowest BCUT2D eigenvalue weighted by atomic mass is 9.97. The fourth-order valence-electron chi connectivity index (χ4n) is 1.05. The molecule has 0 rings (SSSR count). The van der Waals surface area contributed by atoms with Gasteiger partial charge in [0.1, 0.15) is 0 Å². The molecule has 15 heavy (non-hydrogen) atoms. The van der Waals surface area contributed by atoms with Crippen LogP contribution in [0.15, 0.2) is 36.0 Å². The van der Waals surface area contributed by atoms with Crippen LogP contribution in [0.1, 0.15) is 27.2 Å². The highest BCUT2D eigenvalue weighted by atomic mass is 19.4. The molecule has 86 valence electrons. The first-order chi connectivity index (χ1) is 6.82. The summed E-state index contributed by atoms with van der Waals surface area (Å²) in [6.07, 6.45) is 0.355. The molecule has 1 atom stereocenters. The molecule has 0 spiro atoms. The molecular formula is C12H17F3. The van der Waals surface area contributed by atoms with E-state index >= 15 is 0 Å². The van der Waals surface area contributed by atoms with Gasteiger partial charge in [-0.1, -0.05) is 44.2 Å². The molecule has 0 aliphatic heterocycles. The molecule has 0 aromatic heterocycles. The van der Waals surface area contributed by atoms with Crippen molar-refractivity contribution in [1.29, 1.82) is 0 Å². The van der Waals surface area contributed by atoms with Crippen molar-refractivity contribution in [3.63, 3.8) is 0 Å². The summed E-state index contributed by atoms with van der Waals surface area (Å²) >= 11 is 0. The first-order valence-electron chi connectivity index (χ1n) is 4.91. The molecule has 0 N–H and O–H groups in total. The fourth-order valence-corrected chi connectivity index (χ4v) is 1.05. The zero-order valence-corrected chi connectivity index (χ0v) is 9.36. The number of hydrogen-bond donors (Lipinski definition) is 0. The molecular weight excluding hydrogens is 201 g/mol. The molecule has 0 saturated carbocycles. The lowest BCUT2D eigenvalue weighted by Gasteiger charge is -2.16. The van der Waals surface area contributed by atoms with Crippen LogP contribution >= 0.6 is 0 Å². The van der Waals surface area contributed by atoms with Crippen molar-refractivity contribution in [1.82, 2.24) is 0 Å². The van der Waals surface area contributed by atoms with Gasteiger partial charge >= 0.3 is 6.18 Å². The van der Waals surface area contributed by atoms with Crippen LogP contribution in [-0.4, -0.2) is 6.18 Å². The lowest BCUT2D eigenvalue weighted by molar-refractivity contribution is -0.0984. The first-order valence-corrected chi connectivity index (χ1v) is 4.91. The Labute approximate surface area is 89.2 Å². The van der Waals surface area contributed by atoms with Gasteiger partial charge in [-0.05, 0) is 19.3 Å². The van der Waals surface area contributed by atoms with E-state index in [1.165, 1.54) is 12.2 Å². The number of hydrogen-bond acceptors (Lipinski definition) is 0. The van der Waals surface area contributed by atoms with Gasteiger partial charge in [0.15, 0.2) is 0 Å². The number of halogens is 3. The summed E-state index contributed by atoms with van der Waals surface area (Å²) in [4.78, 5) is 0. The maximum absolute atomic E-state index is 12.6. The fraction of sp³-hybridized carbons (Fsp3) is 0.500. The summed E-state index contributed by atoms with van der Waals surface area (Å²) in [5, 5.41) is 0. The van der Waals surface area contributed by atoms with E-state index in [4.69, 9.17) is 0 Å². The largest absolute Gasteiger partial charge is 0.412 e. The lowest BCUT2D eigenvalue weighted by Crippen LogP contribution is -2.17. The van der Waals surface area contributed by atoms with Crippen LogP contribution in [0.3, 0.4) is 0 Å². The summed E-state index contributed by atoms with van der Waals surface area (Å²) in [5.41, 5.74) is 0.242. The molecule has 1 unspecified atom stereocenters. The summed E-state index contributed by atoms with van der Waals surface area (Å²) in [6.45, 7) is 8.53. The molecule has 0 fully saturated rings. The standard InChI is InChI=1S/C12H17F3/c1-5-9(3)7-8-11(10(4)6-2)12(13,14)15/h5,7-8,10H,1,6H2,2-4H3. The van der Waals surface area contributed by atoms with Crippen LogP contribution < -0.4 is 0 Å². The molecule has 0 aromatic carbocycles. The van der Waals surface area contributed by atoms with Gasteiger partial charge in [0.25, 0.3) is 0 Å². The van der Waals surface area contributed by atoms with Crippen LogP contribution in [0.25, 0.3) is 0 Å². The zero-order chi connectivity index (χ0) is 12.1. The van der Waals surface area contributed by atoms with Gasteiger partial charge in [-0.2, -0.15) is 13.2 Å². The third-order valence-corrected chi connectivity index (χ3v) is 2.32. The molecule has 0 aromatic rings. The second-order valence-electron chi connectivity index (χ2n) is 3.54. The molecule has 0 bridgehead atoms. The van der Waals surface area contributed by atoms with Gasteiger partial charge in [-0.3, -0.25) is 0 Å². The van der Waals surface area contributed by atoms with Gasteiger partial charge in [0.05, 0.1) is 0 Å². The number of allylic oxidation sites excluding steroid dienone is 5. The van der Waals surface area contributed by atoms with Crippen LogP contribution in [-0.2, 0) is 0 Å². The summed E-state index contributed by atoms with van der Waals surface area (Å²) in [5.74, 6) is -0.473. The minimum absolute atomic E-state index is 0.473. The maximum Gasteiger partial charge on any atom is 0.412 e. The summed E-state index contributed by atoms with van der Waals surface area (Å²) < 4.78 is 37.8. The van der Waals surface area contributed by atoms with Crippen LogP contribution in [0.4, 0.5) is 13.2 Å². The predicted molar refractivity (Wildman–Crippen MR) is 57.5 cm³/mol. The minimum Gasteiger partial charge on any atom is -0.166 e. The van der Waals surface area contributed by atoms with Crippen molar-refractivity contribution >= 4 is 0 Å². The van der Waals surface area contributed by atoms with E-state index in [1.54, 1.807) is 20.8 Å². The maximum atomic E-state index is 12.6. The quantitative estimate of drug-likeness (QED) is 0.602. The highest BCUT2D eigenvalue weighted by Crippen LogP contribution is 2.32. The summed E-state index contributed by atoms with van der Waals surface area (Å²) in [6, 6.07) is 0. The smallest absolute Gasteiger partial charge is 0.166 e.